The van der Waals surface area contributed by atoms with Gasteiger partial charge in [-0.2, -0.15) is 0 Å². The van der Waals surface area contributed by atoms with Crippen molar-refractivity contribution in [2.24, 2.45) is 0 Å². The highest BCUT2D eigenvalue weighted by Crippen LogP contribution is 2.23. The second-order valence-electron chi connectivity index (χ2n) is 4.37. The van der Waals surface area contributed by atoms with Crippen LogP contribution in [0.3, 0.4) is 0 Å². The first kappa shape index (κ1) is 13.1. The third-order valence-corrected chi connectivity index (χ3v) is 2.71. The number of aryl methyl sites for hydroxylation is 1. The Kier molecular flexibility index (Phi) is 3.80. The molecule has 0 aromatic heterocycles. The summed E-state index contributed by atoms with van der Waals surface area (Å²) in [7, 11) is 0. The quantitative estimate of drug-likeness (QED) is 0.832. The zero-order valence-electron chi connectivity index (χ0n) is 10.5. The molecule has 0 bridgehead atoms. The van der Waals surface area contributed by atoms with Crippen LogP contribution in [-0.2, 0) is 11.2 Å². The number of phenols is 1. The van der Waals surface area contributed by atoms with Crippen LogP contribution in [0.2, 0.25) is 0 Å². The van der Waals surface area contributed by atoms with Crippen LogP contribution in [0.5, 0.6) is 5.75 Å². The van der Waals surface area contributed by atoms with Crippen molar-refractivity contribution in [3.8, 4) is 5.75 Å². The molecule has 4 heteroatoms. The van der Waals surface area contributed by atoms with Crippen molar-refractivity contribution in [2.45, 2.75) is 13.3 Å². The van der Waals surface area contributed by atoms with Gasteiger partial charge in [-0.15, -0.1) is 0 Å². The zero-order valence-corrected chi connectivity index (χ0v) is 10.5. The van der Waals surface area contributed by atoms with Crippen LogP contribution >= 0.6 is 0 Å². The lowest BCUT2D eigenvalue weighted by Gasteiger charge is -2.08. The van der Waals surface area contributed by atoms with E-state index in [1.807, 2.05) is 6.92 Å². The van der Waals surface area contributed by atoms with E-state index >= 15 is 0 Å². The lowest BCUT2D eigenvalue weighted by atomic mass is 10.1. The van der Waals surface area contributed by atoms with Crippen LogP contribution in [-0.4, -0.2) is 11.0 Å². The number of carbonyl (C=O) groups is 1. The van der Waals surface area contributed by atoms with Gasteiger partial charge < -0.3 is 10.4 Å². The molecule has 2 rings (SSSR count). The number of halogens is 1. The number of hydrogen-bond donors (Lipinski definition) is 2. The Hall–Kier alpha value is -2.36. The van der Waals surface area contributed by atoms with Gasteiger partial charge in [0.05, 0.1) is 12.1 Å². The Balaban J connectivity index is 2.03. The summed E-state index contributed by atoms with van der Waals surface area (Å²) >= 11 is 0. The highest BCUT2D eigenvalue weighted by Gasteiger charge is 2.07. The molecule has 0 unspecified atom stereocenters. The summed E-state index contributed by atoms with van der Waals surface area (Å²) in [6.07, 6.45) is 0.133. The molecule has 3 nitrogen and oxygen atoms in total. The summed E-state index contributed by atoms with van der Waals surface area (Å²) < 4.78 is 12.7. The average molecular weight is 259 g/mol. The van der Waals surface area contributed by atoms with Gasteiger partial charge in [-0.05, 0) is 42.3 Å². The molecule has 0 spiro atoms. The maximum atomic E-state index is 12.7. The third kappa shape index (κ3) is 3.55. The molecule has 2 aromatic rings. The van der Waals surface area contributed by atoms with Crippen molar-refractivity contribution < 1.29 is 14.3 Å². The van der Waals surface area contributed by atoms with Gasteiger partial charge >= 0.3 is 0 Å². The van der Waals surface area contributed by atoms with E-state index < -0.39 is 0 Å². The number of nitrogens with one attached hydrogen (secondary N) is 1. The van der Waals surface area contributed by atoms with Gasteiger partial charge in [0.1, 0.15) is 11.6 Å². The normalized spacial score (nSPS) is 10.2. The van der Waals surface area contributed by atoms with E-state index in [4.69, 9.17) is 0 Å². The fourth-order valence-corrected chi connectivity index (χ4v) is 1.73. The SMILES string of the molecule is Cc1ccc(NC(=O)Cc2ccc(F)cc2)c(O)c1. The smallest absolute Gasteiger partial charge is 0.228 e. The van der Waals surface area contributed by atoms with Gasteiger partial charge in [-0.25, -0.2) is 4.39 Å². The topological polar surface area (TPSA) is 49.3 Å². The summed E-state index contributed by atoms with van der Waals surface area (Å²) in [4.78, 5) is 11.8. The van der Waals surface area contributed by atoms with Gasteiger partial charge in [0.2, 0.25) is 5.91 Å². The van der Waals surface area contributed by atoms with Crippen molar-refractivity contribution in [1.29, 1.82) is 0 Å². The number of amides is 1. The number of phenolic OH excluding ortho intramolecular Hbond substituents is 1. The van der Waals surface area contributed by atoms with Gasteiger partial charge in [0, 0.05) is 0 Å². The maximum Gasteiger partial charge on any atom is 0.228 e. The van der Waals surface area contributed by atoms with Crippen LogP contribution in [0.25, 0.3) is 0 Å². The molecule has 0 fully saturated rings. The Bertz CT molecular complexity index is 594. The van der Waals surface area contributed by atoms with Crippen molar-refractivity contribution in [3.05, 3.63) is 59.4 Å². The highest BCUT2D eigenvalue weighted by molar-refractivity contribution is 5.93. The monoisotopic (exact) mass is 259 g/mol. The molecule has 98 valence electrons. The Morgan fingerprint density at radius 3 is 2.53 bits per heavy atom. The van der Waals surface area contributed by atoms with E-state index in [0.717, 1.165) is 5.56 Å². The van der Waals surface area contributed by atoms with Crippen molar-refractivity contribution >= 4 is 11.6 Å². The molecule has 0 aliphatic carbocycles. The van der Waals surface area contributed by atoms with Crippen LogP contribution in [0.4, 0.5) is 10.1 Å². The fraction of sp³-hybridized carbons (Fsp3) is 0.133. The predicted octanol–water partition coefficient (Wildman–Crippen LogP) is 3.02. The van der Waals surface area contributed by atoms with Crippen molar-refractivity contribution in [3.63, 3.8) is 0 Å². The highest BCUT2D eigenvalue weighted by atomic mass is 19.1. The molecule has 2 N–H and O–H groups in total. The van der Waals surface area contributed by atoms with E-state index in [1.165, 1.54) is 12.1 Å². The van der Waals surface area contributed by atoms with Gasteiger partial charge in [-0.1, -0.05) is 18.2 Å². The molecule has 2 aromatic carbocycles. The predicted molar refractivity (Wildman–Crippen MR) is 71.6 cm³/mol. The fourth-order valence-electron chi connectivity index (χ4n) is 1.73. The summed E-state index contributed by atoms with van der Waals surface area (Å²) in [6, 6.07) is 10.8. The van der Waals surface area contributed by atoms with Crippen molar-refractivity contribution in [2.75, 3.05) is 5.32 Å². The second-order valence-corrected chi connectivity index (χ2v) is 4.37. The Morgan fingerprint density at radius 1 is 1.21 bits per heavy atom. The molecule has 19 heavy (non-hydrogen) atoms. The molecule has 0 atom stereocenters. The van der Waals surface area contributed by atoms with E-state index in [2.05, 4.69) is 5.32 Å². The van der Waals surface area contributed by atoms with E-state index in [1.54, 1.807) is 30.3 Å². The standard InChI is InChI=1S/C15H14FNO2/c1-10-2-7-13(14(18)8-10)17-15(19)9-11-3-5-12(16)6-4-11/h2-8,18H,9H2,1H3,(H,17,19). The first-order chi connectivity index (χ1) is 9.04. The molecule has 0 saturated carbocycles. The van der Waals surface area contributed by atoms with Gasteiger partial charge in [-0.3, -0.25) is 4.79 Å². The number of hydrogen-bond acceptors (Lipinski definition) is 2. The van der Waals surface area contributed by atoms with E-state index in [-0.39, 0.29) is 23.9 Å². The second kappa shape index (κ2) is 5.52. The number of anilines is 1. The molecule has 0 saturated heterocycles. The van der Waals surface area contributed by atoms with Crippen LogP contribution < -0.4 is 5.32 Å². The van der Waals surface area contributed by atoms with E-state index in [0.29, 0.717) is 11.3 Å². The summed E-state index contributed by atoms with van der Waals surface area (Å²) in [6.45, 7) is 1.85. The molecule has 1 amide bonds. The molecule has 0 aliphatic heterocycles. The molecule has 0 heterocycles. The lowest BCUT2D eigenvalue weighted by Crippen LogP contribution is -2.14. The zero-order chi connectivity index (χ0) is 13.8. The largest absolute Gasteiger partial charge is 0.506 e. The number of carbonyl (C=O) groups excluding carboxylic acids is 1. The Morgan fingerprint density at radius 2 is 1.89 bits per heavy atom. The average Bonchev–Trinajstić information content (AvgIpc) is 2.36. The maximum absolute atomic E-state index is 12.7. The van der Waals surface area contributed by atoms with E-state index in [9.17, 15) is 14.3 Å². The first-order valence-corrected chi connectivity index (χ1v) is 5.88. The molecular formula is C15H14FNO2. The molecular weight excluding hydrogens is 245 g/mol. The third-order valence-electron chi connectivity index (χ3n) is 2.71. The molecule has 0 radical (unpaired) electrons. The van der Waals surface area contributed by atoms with Crippen LogP contribution in [0, 0.1) is 12.7 Å². The minimum Gasteiger partial charge on any atom is -0.506 e. The first-order valence-electron chi connectivity index (χ1n) is 5.88. The van der Waals surface area contributed by atoms with Gasteiger partial charge in [0.15, 0.2) is 0 Å². The van der Waals surface area contributed by atoms with Crippen molar-refractivity contribution in [1.82, 2.24) is 0 Å². The Labute approximate surface area is 110 Å². The summed E-state index contributed by atoms with van der Waals surface area (Å²) in [5.74, 6) is -0.557. The van der Waals surface area contributed by atoms with Crippen LogP contribution in [0.15, 0.2) is 42.5 Å². The van der Waals surface area contributed by atoms with Crippen LogP contribution in [0.1, 0.15) is 11.1 Å². The number of aromatic hydroxyl groups is 1. The molecule has 0 aliphatic rings. The number of rotatable bonds is 3. The summed E-state index contributed by atoms with van der Waals surface area (Å²) in [5.41, 5.74) is 2.00. The number of benzene rings is 2. The van der Waals surface area contributed by atoms with Gasteiger partial charge in [0.25, 0.3) is 0 Å². The summed E-state index contributed by atoms with van der Waals surface area (Å²) in [5, 5.41) is 12.3. The minimum atomic E-state index is -0.333. The lowest BCUT2D eigenvalue weighted by molar-refractivity contribution is -0.115. The minimum absolute atomic E-state index is 0.0347.